The van der Waals surface area contributed by atoms with Crippen LogP contribution in [0.4, 0.5) is 0 Å². The van der Waals surface area contributed by atoms with Crippen molar-refractivity contribution < 1.29 is 19.4 Å². The average molecular weight is 318 g/mol. The first-order valence-corrected chi connectivity index (χ1v) is 8.37. The topological polar surface area (TPSA) is 55.8 Å². The van der Waals surface area contributed by atoms with Crippen LogP contribution in [0.3, 0.4) is 0 Å². The Bertz CT molecular complexity index is 497. The fraction of sp³-hybridized carbons (Fsp3) is 0.526. The van der Waals surface area contributed by atoms with Gasteiger partial charge < -0.3 is 14.6 Å². The standard InChI is InChI=1S/C19H26O4/c1-15-8-4-2-7-11-17(20)18(12-13-19(21)23-15)22-14-16-9-5-3-6-10-16/h3,5-6,9-10,12-13,15,17-18,20H,2,4,7-8,11,14H2,1H3/b13-12+/t15?,17-,18-/m1/s1. The molecule has 1 aliphatic heterocycles. The van der Waals surface area contributed by atoms with Crippen LogP contribution < -0.4 is 0 Å². The molecule has 0 amide bonds. The van der Waals surface area contributed by atoms with Crippen LogP contribution in [-0.2, 0) is 20.9 Å². The van der Waals surface area contributed by atoms with Crippen molar-refractivity contribution >= 4 is 5.97 Å². The van der Waals surface area contributed by atoms with E-state index in [9.17, 15) is 9.90 Å². The quantitative estimate of drug-likeness (QED) is 0.868. The first kappa shape index (κ1) is 17.7. The van der Waals surface area contributed by atoms with Gasteiger partial charge in [0.25, 0.3) is 0 Å². The maximum absolute atomic E-state index is 11.8. The maximum Gasteiger partial charge on any atom is 0.330 e. The van der Waals surface area contributed by atoms with E-state index in [2.05, 4.69) is 0 Å². The summed E-state index contributed by atoms with van der Waals surface area (Å²) in [6.07, 6.45) is 6.31. The first-order valence-electron chi connectivity index (χ1n) is 8.37. The molecule has 1 heterocycles. The summed E-state index contributed by atoms with van der Waals surface area (Å²) in [5, 5.41) is 10.3. The molecule has 126 valence electrons. The van der Waals surface area contributed by atoms with Crippen molar-refractivity contribution in [1.82, 2.24) is 0 Å². The monoisotopic (exact) mass is 318 g/mol. The van der Waals surface area contributed by atoms with Gasteiger partial charge in [0.15, 0.2) is 0 Å². The van der Waals surface area contributed by atoms with Gasteiger partial charge in [-0.3, -0.25) is 0 Å². The summed E-state index contributed by atoms with van der Waals surface area (Å²) in [5.41, 5.74) is 1.04. The molecular formula is C19H26O4. The number of hydrogen-bond donors (Lipinski definition) is 1. The van der Waals surface area contributed by atoms with E-state index in [1.807, 2.05) is 37.3 Å². The molecule has 1 aliphatic rings. The van der Waals surface area contributed by atoms with Crippen molar-refractivity contribution in [3.05, 3.63) is 48.0 Å². The SMILES string of the molecule is CC1CCCCC[C@@H](O)[C@H](OCc2ccccc2)/C=C/C(=O)O1. The Labute approximate surface area is 138 Å². The Morgan fingerprint density at radius 2 is 1.91 bits per heavy atom. The zero-order valence-corrected chi connectivity index (χ0v) is 13.7. The lowest BCUT2D eigenvalue weighted by Gasteiger charge is -2.21. The third kappa shape index (κ3) is 6.55. The second-order valence-electron chi connectivity index (χ2n) is 6.07. The molecule has 4 heteroatoms. The van der Waals surface area contributed by atoms with E-state index in [-0.39, 0.29) is 12.1 Å². The van der Waals surface area contributed by atoms with E-state index >= 15 is 0 Å². The number of aliphatic hydroxyl groups is 1. The lowest BCUT2D eigenvalue weighted by Crippen LogP contribution is -2.28. The Morgan fingerprint density at radius 1 is 1.17 bits per heavy atom. The zero-order chi connectivity index (χ0) is 16.5. The van der Waals surface area contributed by atoms with E-state index in [4.69, 9.17) is 9.47 Å². The molecule has 4 nitrogen and oxygen atoms in total. The van der Waals surface area contributed by atoms with E-state index in [0.717, 1.165) is 31.2 Å². The molecule has 0 fully saturated rings. The van der Waals surface area contributed by atoms with Gasteiger partial charge in [-0.1, -0.05) is 43.2 Å². The molecule has 1 aromatic rings. The Kier molecular flexibility index (Phi) is 7.30. The summed E-state index contributed by atoms with van der Waals surface area (Å²) >= 11 is 0. The molecule has 1 aromatic carbocycles. The van der Waals surface area contributed by atoms with Gasteiger partial charge in [-0.15, -0.1) is 0 Å². The van der Waals surface area contributed by atoms with E-state index in [1.165, 1.54) is 6.08 Å². The van der Waals surface area contributed by atoms with E-state index in [0.29, 0.717) is 13.0 Å². The molecule has 0 aromatic heterocycles. The Morgan fingerprint density at radius 3 is 2.70 bits per heavy atom. The number of aliphatic hydroxyl groups excluding tert-OH is 1. The maximum atomic E-state index is 11.8. The fourth-order valence-electron chi connectivity index (χ4n) is 2.66. The second kappa shape index (κ2) is 9.48. The van der Waals surface area contributed by atoms with Gasteiger partial charge >= 0.3 is 5.97 Å². The van der Waals surface area contributed by atoms with Crippen LogP contribution >= 0.6 is 0 Å². The minimum Gasteiger partial charge on any atom is -0.460 e. The highest BCUT2D eigenvalue weighted by Crippen LogP contribution is 2.16. The number of carbonyl (C=O) groups is 1. The van der Waals surface area contributed by atoms with Crippen molar-refractivity contribution in [2.45, 2.75) is 63.9 Å². The van der Waals surface area contributed by atoms with Crippen LogP contribution in [0, 0.1) is 0 Å². The summed E-state index contributed by atoms with van der Waals surface area (Å²) < 4.78 is 11.1. The molecule has 0 saturated carbocycles. The predicted molar refractivity (Wildman–Crippen MR) is 88.8 cm³/mol. The smallest absolute Gasteiger partial charge is 0.330 e. The highest BCUT2D eigenvalue weighted by atomic mass is 16.5. The number of ether oxygens (including phenoxy) is 2. The fourth-order valence-corrected chi connectivity index (χ4v) is 2.66. The van der Waals surface area contributed by atoms with Gasteiger partial charge in [-0.05, 0) is 37.8 Å². The highest BCUT2D eigenvalue weighted by molar-refractivity contribution is 5.82. The van der Waals surface area contributed by atoms with Crippen molar-refractivity contribution in [2.24, 2.45) is 0 Å². The second-order valence-corrected chi connectivity index (χ2v) is 6.07. The van der Waals surface area contributed by atoms with Crippen molar-refractivity contribution in [3.63, 3.8) is 0 Å². The molecular weight excluding hydrogens is 292 g/mol. The number of cyclic esters (lactones) is 1. The molecule has 3 atom stereocenters. The molecule has 2 rings (SSSR count). The summed E-state index contributed by atoms with van der Waals surface area (Å²) in [6, 6.07) is 9.80. The molecule has 23 heavy (non-hydrogen) atoms. The number of esters is 1. The molecule has 0 spiro atoms. The van der Waals surface area contributed by atoms with E-state index < -0.39 is 12.2 Å². The summed E-state index contributed by atoms with van der Waals surface area (Å²) in [7, 11) is 0. The van der Waals surface area contributed by atoms with Crippen LogP contribution in [0.5, 0.6) is 0 Å². The number of rotatable bonds is 3. The molecule has 0 saturated heterocycles. The number of benzene rings is 1. The third-order valence-electron chi connectivity index (χ3n) is 4.01. The largest absolute Gasteiger partial charge is 0.460 e. The normalized spacial score (nSPS) is 28.3. The van der Waals surface area contributed by atoms with Gasteiger partial charge in [-0.2, -0.15) is 0 Å². The van der Waals surface area contributed by atoms with Crippen LogP contribution in [0.1, 0.15) is 44.6 Å². The van der Waals surface area contributed by atoms with Crippen LogP contribution in [0.15, 0.2) is 42.5 Å². The Hall–Kier alpha value is -1.65. The van der Waals surface area contributed by atoms with Crippen molar-refractivity contribution in [1.29, 1.82) is 0 Å². The predicted octanol–water partition coefficient (Wildman–Crippen LogP) is 3.38. The average Bonchev–Trinajstić information content (AvgIpc) is 2.54. The highest BCUT2D eigenvalue weighted by Gasteiger charge is 2.19. The van der Waals surface area contributed by atoms with Gasteiger partial charge in [-0.25, -0.2) is 4.79 Å². The molecule has 1 unspecified atom stereocenters. The van der Waals surface area contributed by atoms with Crippen molar-refractivity contribution in [3.8, 4) is 0 Å². The van der Waals surface area contributed by atoms with Gasteiger partial charge in [0.2, 0.25) is 0 Å². The van der Waals surface area contributed by atoms with Crippen LogP contribution in [0.2, 0.25) is 0 Å². The van der Waals surface area contributed by atoms with Crippen LogP contribution in [0.25, 0.3) is 0 Å². The minimum atomic E-state index is -0.611. The summed E-state index contributed by atoms with van der Waals surface area (Å²) in [5.74, 6) is -0.376. The number of hydrogen-bond acceptors (Lipinski definition) is 4. The summed E-state index contributed by atoms with van der Waals surface area (Å²) in [6.45, 7) is 2.31. The van der Waals surface area contributed by atoms with Gasteiger partial charge in [0.1, 0.15) is 6.10 Å². The first-order chi connectivity index (χ1) is 11.1. The van der Waals surface area contributed by atoms with Gasteiger partial charge in [0, 0.05) is 6.08 Å². The Balaban J connectivity index is 1.99. The molecule has 1 N–H and O–H groups in total. The summed E-state index contributed by atoms with van der Waals surface area (Å²) in [4.78, 5) is 11.8. The van der Waals surface area contributed by atoms with Crippen LogP contribution in [-0.4, -0.2) is 29.4 Å². The lowest BCUT2D eigenvalue weighted by molar-refractivity contribution is -0.142. The minimum absolute atomic E-state index is 0.0693. The molecule has 0 radical (unpaired) electrons. The zero-order valence-electron chi connectivity index (χ0n) is 13.7. The lowest BCUT2D eigenvalue weighted by atomic mass is 10.0. The number of carbonyl (C=O) groups excluding carboxylic acids is 1. The van der Waals surface area contributed by atoms with Gasteiger partial charge in [0.05, 0.1) is 18.8 Å². The van der Waals surface area contributed by atoms with Crippen molar-refractivity contribution in [2.75, 3.05) is 0 Å². The third-order valence-corrected chi connectivity index (χ3v) is 4.01. The van der Waals surface area contributed by atoms with E-state index in [1.54, 1.807) is 6.08 Å². The molecule has 0 aliphatic carbocycles. The molecule has 0 bridgehead atoms.